The Morgan fingerprint density at radius 3 is 2.64 bits per heavy atom. The maximum Gasteiger partial charge on any atom is 0.242 e. The number of hydrogen-bond donors (Lipinski definition) is 0. The van der Waals surface area contributed by atoms with E-state index in [-0.39, 0.29) is 5.91 Å². The Bertz CT molecular complexity index is 666. The van der Waals surface area contributed by atoms with Gasteiger partial charge in [0.05, 0.1) is 11.0 Å². The average Bonchev–Trinajstić information content (AvgIpc) is 2.87. The van der Waals surface area contributed by atoms with E-state index in [0.717, 1.165) is 48.7 Å². The van der Waals surface area contributed by atoms with E-state index in [1.807, 2.05) is 23.1 Å². The Morgan fingerprint density at radius 2 is 1.95 bits per heavy atom. The van der Waals surface area contributed by atoms with E-state index in [0.29, 0.717) is 12.5 Å². The highest BCUT2D eigenvalue weighted by molar-refractivity contribution is 5.81. The van der Waals surface area contributed by atoms with Gasteiger partial charge in [0.25, 0.3) is 0 Å². The predicted molar refractivity (Wildman–Crippen MR) is 88.8 cm³/mol. The van der Waals surface area contributed by atoms with Crippen LogP contribution in [0.2, 0.25) is 0 Å². The summed E-state index contributed by atoms with van der Waals surface area (Å²) in [5, 5.41) is 0. The third-order valence-electron chi connectivity index (χ3n) is 4.63. The van der Waals surface area contributed by atoms with Crippen LogP contribution in [0.3, 0.4) is 0 Å². The zero-order chi connectivity index (χ0) is 15.7. The van der Waals surface area contributed by atoms with Crippen molar-refractivity contribution in [2.24, 2.45) is 5.92 Å². The number of amides is 1. The monoisotopic (exact) mass is 299 g/mol. The van der Waals surface area contributed by atoms with Crippen LogP contribution in [0.4, 0.5) is 0 Å². The number of nitrogens with zero attached hydrogens (tertiary/aromatic N) is 3. The fourth-order valence-corrected chi connectivity index (χ4v) is 3.19. The first kappa shape index (κ1) is 15.1. The van der Waals surface area contributed by atoms with Gasteiger partial charge in [-0.25, -0.2) is 4.98 Å². The molecule has 0 saturated carbocycles. The van der Waals surface area contributed by atoms with Gasteiger partial charge in [0.15, 0.2) is 0 Å². The van der Waals surface area contributed by atoms with Crippen molar-refractivity contribution >= 4 is 16.9 Å². The van der Waals surface area contributed by atoms with Crippen molar-refractivity contribution in [1.82, 2.24) is 14.5 Å². The van der Waals surface area contributed by atoms with Crippen LogP contribution in [-0.2, 0) is 11.3 Å². The molecule has 1 fully saturated rings. The number of benzene rings is 1. The van der Waals surface area contributed by atoms with Crippen LogP contribution in [-0.4, -0.2) is 33.4 Å². The molecule has 0 radical (unpaired) electrons. The van der Waals surface area contributed by atoms with Gasteiger partial charge < -0.3 is 9.47 Å². The third kappa shape index (κ3) is 2.87. The normalized spacial score (nSPS) is 16.6. The van der Waals surface area contributed by atoms with Gasteiger partial charge in [-0.1, -0.05) is 32.9 Å². The van der Waals surface area contributed by atoms with E-state index in [1.54, 1.807) is 0 Å². The number of carbonyl (C=O) groups is 1. The summed E-state index contributed by atoms with van der Waals surface area (Å²) in [7, 11) is 0. The summed E-state index contributed by atoms with van der Waals surface area (Å²) in [5.74, 6) is 2.27. The van der Waals surface area contributed by atoms with Crippen molar-refractivity contribution in [3.05, 3.63) is 30.1 Å². The van der Waals surface area contributed by atoms with Crippen LogP contribution in [0.1, 0.15) is 45.4 Å². The zero-order valence-electron chi connectivity index (χ0n) is 13.7. The van der Waals surface area contributed by atoms with Crippen LogP contribution in [0.25, 0.3) is 11.0 Å². The minimum Gasteiger partial charge on any atom is -0.341 e. The molecule has 1 aliphatic heterocycles. The third-order valence-corrected chi connectivity index (χ3v) is 4.63. The lowest BCUT2D eigenvalue weighted by Gasteiger charge is -2.30. The Kier molecular flexibility index (Phi) is 4.19. The van der Waals surface area contributed by atoms with Crippen LogP contribution < -0.4 is 0 Å². The van der Waals surface area contributed by atoms with Gasteiger partial charge in [0.2, 0.25) is 5.91 Å². The number of aromatic nitrogens is 2. The van der Waals surface area contributed by atoms with E-state index in [1.165, 1.54) is 0 Å². The Balaban J connectivity index is 1.86. The molecule has 0 N–H and O–H groups in total. The molecular weight excluding hydrogens is 274 g/mol. The standard InChI is InChI=1S/C18H25N3O/c1-13(2)18-19-15-6-4-5-7-16(15)21(18)12-17(22)20-10-8-14(3)9-11-20/h4-7,13-14H,8-12H2,1-3H3. The first-order valence-electron chi connectivity index (χ1n) is 8.29. The minimum atomic E-state index is 0.219. The van der Waals surface area contributed by atoms with Crippen molar-refractivity contribution in [2.45, 2.75) is 46.1 Å². The van der Waals surface area contributed by atoms with Gasteiger partial charge in [-0.05, 0) is 30.9 Å². The molecule has 3 rings (SSSR count). The fourth-order valence-electron chi connectivity index (χ4n) is 3.19. The maximum atomic E-state index is 12.7. The Hall–Kier alpha value is -1.84. The second-order valence-electron chi connectivity index (χ2n) is 6.76. The van der Waals surface area contributed by atoms with Crippen LogP contribution >= 0.6 is 0 Å². The lowest BCUT2D eigenvalue weighted by molar-refractivity contribution is -0.133. The Morgan fingerprint density at radius 1 is 1.27 bits per heavy atom. The van der Waals surface area contributed by atoms with Gasteiger partial charge in [-0.3, -0.25) is 4.79 Å². The van der Waals surface area contributed by atoms with Gasteiger partial charge >= 0.3 is 0 Å². The van der Waals surface area contributed by atoms with Gasteiger partial charge in [0.1, 0.15) is 12.4 Å². The summed E-state index contributed by atoms with van der Waals surface area (Å²) in [4.78, 5) is 19.4. The number of piperidine rings is 1. The molecule has 1 aliphatic rings. The average molecular weight is 299 g/mol. The molecule has 0 bridgehead atoms. The van der Waals surface area contributed by atoms with E-state index in [2.05, 4.69) is 31.4 Å². The summed E-state index contributed by atoms with van der Waals surface area (Å²) in [6, 6.07) is 8.08. The maximum absolute atomic E-state index is 12.7. The van der Waals surface area contributed by atoms with Crippen molar-refractivity contribution in [3.8, 4) is 0 Å². The highest BCUT2D eigenvalue weighted by Crippen LogP contribution is 2.23. The smallest absolute Gasteiger partial charge is 0.242 e. The molecule has 0 atom stereocenters. The lowest BCUT2D eigenvalue weighted by Crippen LogP contribution is -2.40. The second kappa shape index (κ2) is 6.11. The SMILES string of the molecule is CC1CCN(C(=O)Cn2c(C(C)C)nc3ccccc32)CC1. The van der Waals surface area contributed by atoms with E-state index in [9.17, 15) is 4.79 Å². The summed E-state index contributed by atoms with van der Waals surface area (Å²) in [5.41, 5.74) is 2.04. The molecule has 22 heavy (non-hydrogen) atoms. The van der Waals surface area contributed by atoms with E-state index < -0.39 is 0 Å². The number of imidazole rings is 1. The zero-order valence-corrected chi connectivity index (χ0v) is 13.7. The number of fused-ring (bicyclic) bond motifs is 1. The number of rotatable bonds is 3. The molecule has 1 saturated heterocycles. The molecule has 2 heterocycles. The summed E-state index contributed by atoms with van der Waals surface area (Å²) in [6.07, 6.45) is 2.24. The molecule has 0 spiro atoms. The van der Waals surface area contributed by atoms with Crippen molar-refractivity contribution < 1.29 is 4.79 Å². The highest BCUT2D eigenvalue weighted by Gasteiger charge is 2.22. The summed E-state index contributed by atoms with van der Waals surface area (Å²) in [6.45, 7) is 8.72. The lowest BCUT2D eigenvalue weighted by atomic mass is 9.99. The molecule has 1 aromatic heterocycles. The van der Waals surface area contributed by atoms with Crippen molar-refractivity contribution in [3.63, 3.8) is 0 Å². The molecule has 2 aromatic rings. The predicted octanol–water partition coefficient (Wildman–Crippen LogP) is 3.42. The molecule has 0 unspecified atom stereocenters. The number of carbonyl (C=O) groups excluding carboxylic acids is 1. The largest absolute Gasteiger partial charge is 0.341 e. The van der Waals surface area contributed by atoms with Crippen molar-refractivity contribution in [1.29, 1.82) is 0 Å². The molecular formula is C18H25N3O. The second-order valence-corrected chi connectivity index (χ2v) is 6.76. The van der Waals surface area contributed by atoms with Gasteiger partial charge in [0, 0.05) is 19.0 Å². The fraction of sp³-hybridized carbons (Fsp3) is 0.556. The van der Waals surface area contributed by atoms with E-state index >= 15 is 0 Å². The molecule has 118 valence electrons. The number of para-hydroxylation sites is 2. The quantitative estimate of drug-likeness (QED) is 0.871. The first-order chi connectivity index (χ1) is 10.6. The van der Waals surface area contributed by atoms with Crippen LogP contribution in [0.5, 0.6) is 0 Å². The number of likely N-dealkylation sites (tertiary alicyclic amines) is 1. The highest BCUT2D eigenvalue weighted by atomic mass is 16.2. The minimum absolute atomic E-state index is 0.219. The topological polar surface area (TPSA) is 38.1 Å². The van der Waals surface area contributed by atoms with Gasteiger partial charge in [-0.2, -0.15) is 0 Å². The molecule has 1 aromatic carbocycles. The first-order valence-corrected chi connectivity index (χ1v) is 8.29. The van der Waals surface area contributed by atoms with Crippen molar-refractivity contribution in [2.75, 3.05) is 13.1 Å². The van der Waals surface area contributed by atoms with Gasteiger partial charge in [-0.15, -0.1) is 0 Å². The summed E-state index contributed by atoms with van der Waals surface area (Å²) < 4.78 is 2.10. The summed E-state index contributed by atoms with van der Waals surface area (Å²) >= 11 is 0. The Labute approximate surface area is 132 Å². The molecule has 4 nitrogen and oxygen atoms in total. The molecule has 0 aliphatic carbocycles. The molecule has 4 heteroatoms. The van der Waals surface area contributed by atoms with Crippen LogP contribution in [0, 0.1) is 5.92 Å². The van der Waals surface area contributed by atoms with Crippen LogP contribution in [0.15, 0.2) is 24.3 Å². The molecule has 1 amide bonds. The number of hydrogen-bond acceptors (Lipinski definition) is 2. The van der Waals surface area contributed by atoms with E-state index in [4.69, 9.17) is 4.98 Å².